The highest BCUT2D eigenvalue weighted by Gasteiger charge is 2.21. The molecule has 1 aliphatic heterocycles. The summed E-state index contributed by atoms with van der Waals surface area (Å²) in [6, 6.07) is 5.36. The molecule has 4 heteroatoms. The van der Waals surface area contributed by atoms with Crippen molar-refractivity contribution in [2.75, 3.05) is 13.1 Å². The minimum atomic E-state index is -0.199. The Balaban J connectivity index is 2.08. The number of likely N-dealkylation sites (tertiary alicyclic amines) is 1. The summed E-state index contributed by atoms with van der Waals surface area (Å²) in [6.45, 7) is 2.65. The van der Waals surface area contributed by atoms with Crippen LogP contribution >= 0.6 is 15.9 Å². The van der Waals surface area contributed by atoms with Crippen LogP contribution in [0.1, 0.15) is 24.8 Å². The van der Waals surface area contributed by atoms with Crippen LogP contribution in [-0.2, 0) is 6.54 Å². The number of nitrogens with two attached hydrogens (primary N) is 1. The summed E-state index contributed by atoms with van der Waals surface area (Å²) < 4.78 is 13.9. The van der Waals surface area contributed by atoms with E-state index in [2.05, 4.69) is 20.8 Å². The van der Waals surface area contributed by atoms with Crippen molar-refractivity contribution in [3.63, 3.8) is 0 Å². The first-order valence-electron chi connectivity index (χ1n) is 6.08. The third-order valence-electron chi connectivity index (χ3n) is 3.41. The fraction of sp³-hybridized carbons (Fsp3) is 0.538. The molecule has 1 aromatic carbocycles. The molecule has 0 spiro atoms. The fourth-order valence-electron chi connectivity index (χ4n) is 2.40. The van der Waals surface area contributed by atoms with Gasteiger partial charge in [0.15, 0.2) is 0 Å². The molecule has 0 radical (unpaired) electrons. The van der Waals surface area contributed by atoms with Crippen molar-refractivity contribution in [1.82, 2.24) is 4.90 Å². The predicted octanol–water partition coefficient (Wildman–Crippen LogP) is 2.90. The average Bonchev–Trinajstić information content (AvgIpc) is 2.33. The topological polar surface area (TPSA) is 29.3 Å². The lowest BCUT2D eigenvalue weighted by Gasteiger charge is -2.35. The molecule has 1 fully saturated rings. The Morgan fingerprint density at radius 2 is 2.24 bits per heavy atom. The van der Waals surface area contributed by atoms with Crippen LogP contribution in [0.3, 0.4) is 0 Å². The van der Waals surface area contributed by atoms with Gasteiger partial charge in [-0.05, 0) is 37.1 Å². The second-order valence-corrected chi connectivity index (χ2v) is 5.45. The van der Waals surface area contributed by atoms with Crippen LogP contribution in [0.5, 0.6) is 0 Å². The smallest absolute Gasteiger partial charge is 0.124 e. The van der Waals surface area contributed by atoms with Gasteiger partial charge in [-0.15, -0.1) is 0 Å². The first-order chi connectivity index (χ1) is 8.20. The largest absolute Gasteiger partial charge is 0.329 e. The first kappa shape index (κ1) is 13.0. The third kappa shape index (κ3) is 3.27. The van der Waals surface area contributed by atoms with E-state index in [1.165, 1.54) is 31.4 Å². The summed E-state index contributed by atoms with van der Waals surface area (Å²) in [5.41, 5.74) is 6.93. The van der Waals surface area contributed by atoms with Gasteiger partial charge in [-0.25, -0.2) is 4.39 Å². The number of nitrogens with zero attached hydrogens (tertiary/aromatic N) is 1. The molecule has 0 saturated carbocycles. The Morgan fingerprint density at radius 3 is 2.94 bits per heavy atom. The van der Waals surface area contributed by atoms with Crippen molar-refractivity contribution in [2.45, 2.75) is 31.8 Å². The summed E-state index contributed by atoms with van der Waals surface area (Å²) in [5, 5.41) is 0. The van der Waals surface area contributed by atoms with Crippen LogP contribution in [0.25, 0.3) is 0 Å². The molecular formula is C13H18BrFN2. The van der Waals surface area contributed by atoms with Gasteiger partial charge >= 0.3 is 0 Å². The Labute approximate surface area is 110 Å². The lowest BCUT2D eigenvalue weighted by Crippen LogP contribution is -2.43. The van der Waals surface area contributed by atoms with E-state index < -0.39 is 0 Å². The number of halogens is 2. The average molecular weight is 301 g/mol. The van der Waals surface area contributed by atoms with Crippen LogP contribution in [0.2, 0.25) is 0 Å². The number of rotatable bonds is 3. The van der Waals surface area contributed by atoms with E-state index in [-0.39, 0.29) is 5.82 Å². The minimum Gasteiger partial charge on any atom is -0.329 e. The molecule has 2 rings (SSSR count). The SMILES string of the molecule is NCC1CCCCN1Cc1ccc(F)cc1Br. The van der Waals surface area contributed by atoms with E-state index >= 15 is 0 Å². The lowest BCUT2D eigenvalue weighted by atomic mass is 10.0. The maximum Gasteiger partial charge on any atom is 0.124 e. The summed E-state index contributed by atoms with van der Waals surface area (Å²) >= 11 is 3.42. The highest BCUT2D eigenvalue weighted by atomic mass is 79.9. The van der Waals surface area contributed by atoms with Gasteiger partial charge in [0.1, 0.15) is 5.82 Å². The molecule has 0 aromatic heterocycles. The number of hydrogen-bond donors (Lipinski definition) is 1. The molecule has 2 N–H and O–H groups in total. The molecule has 1 unspecified atom stereocenters. The second kappa shape index (κ2) is 5.94. The van der Waals surface area contributed by atoms with E-state index in [0.717, 1.165) is 23.1 Å². The van der Waals surface area contributed by atoms with Crippen LogP contribution in [0, 0.1) is 5.82 Å². The van der Waals surface area contributed by atoms with Crippen LogP contribution in [-0.4, -0.2) is 24.0 Å². The summed E-state index contributed by atoms with van der Waals surface area (Å²) in [4.78, 5) is 2.40. The van der Waals surface area contributed by atoms with Gasteiger partial charge in [-0.1, -0.05) is 28.4 Å². The molecule has 2 nitrogen and oxygen atoms in total. The van der Waals surface area contributed by atoms with Gasteiger partial charge in [0.2, 0.25) is 0 Å². The Bertz CT molecular complexity index is 384. The van der Waals surface area contributed by atoms with Gasteiger partial charge in [0.05, 0.1) is 0 Å². The van der Waals surface area contributed by atoms with Crippen molar-refractivity contribution in [2.24, 2.45) is 5.73 Å². The normalized spacial score (nSPS) is 21.7. The van der Waals surface area contributed by atoms with Gasteiger partial charge in [0, 0.05) is 23.6 Å². The molecule has 1 aliphatic rings. The maximum atomic E-state index is 13.0. The minimum absolute atomic E-state index is 0.199. The van der Waals surface area contributed by atoms with Crippen molar-refractivity contribution in [3.8, 4) is 0 Å². The Kier molecular flexibility index (Phi) is 4.54. The maximum absolute atomic E-state index is 13.0. The van der Waals surface area contributed by atoms with Gasteiger partial charge in [-0.2, -0.15) is 0 Å². The highest BCUT2D eigenvalue weighted by molar-refractivity contribution is 9.10. The molecule has 1 heterocycles. The highest BCUT2D eigenvalue weighted by Crippen LogP contribution is 2.23. The van der Waals surface area contributed by atoms with E-state index in [1.807, 2.05) is 6.07 Å². The molecule has 1 atom stereocenters. The summed E-state index contributed by atoms with van der Waals surface area (Å²) in [6.07, 6.45) is 3.67. The van der Waals surface area contributed by atoms with E-state index in [4.69, 9.17) is 5.73 Å². The fourth-order valence-corrected chi connectivity index (χ4v) is 2.88. The number of hydrogen-bond acceptors (Lipinski definition) is 2. The zero-order valence-electron chi connectivity index (χ0n) is 9.83. The van der Waals surface area contributed by atoms with Crippen LogP contribution < -0.4 is 5.73 Å². The van der Waals surface area contributed by atoms with E-state index in [9.17, 15) is 4.39 Å². The number of benzene rings is 1. The zero-order valence-corrected chi connectivity index (χ0v) is 11.4. The van der Waals surface area contributed by atoms with Gasteiger partial charge in [-0.3, -0.25) is 4.90 Å². The molecule has 17 heavy (non-hydrogen) atoms. The summed E-state index contributed by atoms with van der Waals surface area (Å²) in [5.74, 6) is -0.199. The van der Waals surface area contributed by atoms with Crippen molar-refractivity contribution in [1.29, 1.82) is 0 Å². The lowest BCUT2D eigenvalue weighted by molar-refractivity contribution is 0.144. The second-order valence-electron chi connectivity index (χ2n) is 4.59. The van der Waals surface area contributed by atoms with Crippen molar-refractivity contribution >= 4 is 15.9 Å². The van der Waals surface area contributed by atoms with Gasteiger partial charge in [0.25, 0.3) is 0 Å². The zero-order chi connectivity index (χ0) is 12.3. The molecule has 0 bridgehead atoms. The molecule has 94 valence electrons. The Hall–Kier alpha value is -0.450. The molecular weight excluding hydrogens is 283 g/mol. The van der Waals surface area contributed by atoms with E-state index in [1.54, 1.807) is 0 Å². The Morgan fingerprint density at radius 1 is 1.41 bits per heavy atom. The van der Waals surface area contributed by atoms with Crippen molar-refractivity contribution < 1.29 is 4.39 Å². The van der Waals surface area contributed by atoms with Crippen LogP contribution in [0.15, 0.2) is 22.7 Å². The summed E-state index contributed by atoms with van der Waals surface area (Å²) in [7, 11) is 0. The standard InChI is InChI=1S/C13H18BrFN2/c14-13-7-11(15)5-4-10(13)9-17-6-2-1-3-12(17)8-16/h4-5,7,12H,1-3,6,8-9,16H2. The first-order valence-corrected chi connectivity index (χ1v) is 6.88. The van der Waals surface area contributed by atoms with Crippen molar-refractivity contribution in [3.05, 3.63) is 34.1 Å². The van der Waals surface area contributed by atoms with E-state index in [0.29, 0.717) is 12.6 Å². The molecule has 1 aromatic rings. The third-order valence-corrected chi connectivity index (χ3v) is 4.15. The predicted molar refractivity (Wildman–Crippen MR) is 71.2 cm³/mol. The molecule has 0 aliphatic carbocycles. The van der Waals surface area contributed by atoms with Crippen LogP contribution in [0.4, 0.5) is 4.39 Å². The number of piperidine rings is 1. The molecule has 0 amide bonds. The van der Waals surface area contributed by atoms with Gasteiger partial charge < -0.3 is 5.73 Å². The monoisotopic (exact) mass is 300 g/mol. The molecule has 1 saturated heterocycles. The quantitative estimate of drug-likeness (QED) is 0.930.